The Morgan fingerprint density at radius 3 is 2.83 bits per heavy atom. The van der Waals surface area contributed by atoms with Gasteiger partial charge in [0.25, 0.3) is 0 Å². The minimum Gasteiger partial charge on any atom is -0.478 e. The molecule has 0 bridgehead atoms. The van der Waals surface area contributed by atoms with E-state index in [1.165, 1.54) is 6.20 Å². The molecular weight excluding hydrogens is 238 g/mol. The van der Waals surface area contributed by atoms with Gasteiger partial charge >= 0.3 is 5.97 Å². The van der Waals surface area contributed by atoms with Crippen LogP contribution < -0.4 is 5.32 Å². The zero-order valence-corrected chi connectivity index (χ0v) is 10.4. The monoisotopic (exact) mass is 255 g/mol. The van der Waals surface area contributed by atoms with E-state index < -0.39 is 5.97 Å². The van der Waals surface area contributed by atoms with Crippen molar-refractivity contribution in [3.63, 3.8) is 0 Å². The summed E-state index contributed by atoms with van der Waals surface area (Å²) in [6.07, 6.45) is 1.76. The van der Waals surface area contributed by atoms with Crippen LogP contribution >= 0.6 is 0 Å². The number of methoxy groups -OCH3 is 1. The number of nitrogens with one attached hydrogen (secondary N) is 1. The first-order chi connectivity index (χ1) is 8.58. The van der Waals surface area contributed by atoms with Gasteiger partial charge in [0.2, 0.25) is 5.95 Å². The highest BCUT2D eigenvalue weighted by atomic mass is 16.5. The van der Waals surface area contributed by atoms with Gasteiger partial charge in [-0.15, -0.1) is 0 Å². The van der Waals surface area contributed by atoms with Crippen molar-refractivity contribution in [2.45, 2.75) is 19.4 Å². The lowest BCUT2D eigenvalue weighted by atomic mass is 10.2. The van der Waals surface area contributed by atoms with Gasteiger partial charge in [0.05, 0.1) is 23.9 Å². The number of carbonyl (C=O) groups is 1. The predicted molar refractivity (Wildman–Crippen MR) is 64.7 cm³/mol. The van der Waals surface area contributed by atoms with Crippen molar-refractivity contribution in [2.24, 2.45) is 0 Å². The van der Waals surface area contributed by atoms with E-state index in [2.05, 4.69) is 15.3 Å². The van der Waals surface area contributed by atoms with E-state index in [1.807, 2.05) is 0 Å². The minimum absolute atomic E-state index is 0.0210. The Kier molecular flexibility index (Phi) is 5.47. The minimum atomic E-state index is -1.05. The lowest BCUT2D eigenvalue weighted by Gasteiger charge is -2.16. The van der Waals surface area contributed by atoms with Crippen LogP contribution in [0, 0.1) is 6.92 Å². The van der Waals surface area contributed by atoms with E-state index in [0.717, 1.165) is 0 Å². The second kappa shape index (κ2) is 6.87. The molecule has 0 aliphatic carbocycles. The molecule has 1 rings (SSSR count). The molecule has 7 heteroatoms. The molecule has 1 aromatic heterocycles. The number of rotatable bonds is 7. The van der Waals surface area contributed by atoms with Gasteiger partial charge < -0.3 is 20.3 Å². The van der Waals surface area contributed by atoms with Crippen molar-refractivity contribution in [3.8, 4) is 0 Å². The topological polar surface area (TPSA) is 105 Å². The number of aromatic nitrogens is 2. The Morgan fingerprint density at radius 2 is 2.33 bits per heavy atom. The van der Waals surface area contributed by atoms with Crippen molar-refractivity contribution >= 4 is 11.9 Å². The quantitative estimate of drug-likeness (QED) is 0.643. The first kappa shape index (κ1) is 14.3. The lowest BCUT2D eigenvalue weighted by Crippen LogP contribution is -2.27. The third-order valence-electron chi connectivity index (χ3n) is 2.39. The summed E-state index contributed by atoms with van der Waals surface area (Å²) in [6.45, 7) is 2.03. The van der Waals surface area contributed by atoms with Gasteiger partial charge in [0.15, 0.2) is 0 Å². The van der Waals surface area contributed by atoms with Gasteiger partial charge in [-0.05, 0) is 13.3 Å². The molecular formula is C11H17N3O4. The van der Waals surface area contributed by atoms with Crippen molar-refractivity contribution in [1.29, 1.82) is 0 Å². The molecule has 3 N–H and O–H groups in total. The maximum Gasteiger partial charge on any atom is 0.339 e. The van der Waals surface area contributed by atoms with Crippen LogP contribution in [0.5, 0.6) is 0 Å². The van der Waals surface area contributed by atoms with Gasteiger partial charge in [0, 0.05) is 19.9 Å². The molecule has 0 saturated heterocycles. The molecule has 100 valence electrons. The fraction of sp³-hybridized carbons (Fsp3) is 0.545. The molecule has 1 unspecified atom stereocenters. The van der Waals surface area contributed by atoms with E-state index in [4.69, 9.17) is 14.9 Å². The van der Waals surface area contributed by atoms with Gasteiger partial charge in [-0.3, -0.25) is 0 Å². The van der Waals surface area contributed by atoms with E-state index in [9.17, 15) is 4.79 Å². The zero-order valence-electron chi connectivity index (χ0n) is 10.4. The molecule has 18 heavy (non-hydrogen) atoms. The van der Waals surface area contributed by atoms with Crippen LogP contribution in [0.3, 0.4) is 0 Å². The molecule has 0 aromatic carbocycles. The number of anilines is 1. The molecule has 0 saturated carbocycles. The average Bonchev–Trinajstić information content (AvgIpc) is 2.29. The van der Waals surface area contributed by atoms with Gasteiger partial charge in [-0.25, -0.2) is 14.8 Å². The number of hydrogen-bond donors (Lipinski definition) is 3. The maximum atomic E-state index is 10.8. The van der Waals surface area contributed by atoms with Crippen LogP contribution in [-0.2, 0) is 4.74 Å². The van der Waals surface area contributed by atoms with Crippen LogP contribution in [-0.4, -0.2) is 52.5 Å². The molecule has 0 aliphatic heterocycles. The van der Waals surface area contributed by atoms with Crippen LogP contribution in [0.15, 0.2) is 6.20 Å². The third-order valence-corrected chi connectivity index (χ3v) is 2.39. The fourth-order valence-corrected chi connectivity index (χ4v) is 1.48. The highest BCUT2D eigenvalue weighted by Gasteiger charge is 2.13. The summed E-state index contributed by atoms with van der Waals surface area (Å²) < 4.78 is 5.00. The van der Waals surface area contributed by atoms with E-state index in [1.54, 1.807) is 14.0 Å². The van der Waals surface area contributed by atoms with E-state index >= 15 is 0 Å². The molecule has 0 spiro atoms. The summed E-state index contributed by atoms with van der Waals surface area (Å²) in [5.74, 6) is -0.726. The summed E-state index contributed by atoms with van der Waals surface area (Å²) >= 11 is 0. The summed E-state index contributed by atoms with van der Waals surface area (Å²) in [6, 6.07) is -0.116. The Labute approximate surface area is 105 Å². The Morgan fingerprint density at radius 1 is 1.61 bits per heavy atom. The second-order valence-corrected chi connectivity index (χ2v) is 3.81. The molecule has 0 fully saturated rings. The summed E-state index contributed by atoms with van der Waals surface area (Å²) in [5.41, 5.74) is 0.464. The average molecular weight is 255 g/mol. The Balaban J connectivity index is 2.77. The number of aryl methyl sites for hydroxylation is 1. The number of carboxylic acid groups (broad SMARTS) is 1. The van der Waals surface area contributed by atoms with Crippen molar-refractivity contribution in [3.05, 3.63) is 17.5 Å². The fourth-order valence-electron chi connectivity index (χ4n) is 1.48. The molecule has 7 nitrogen and oxygen atoms in total. The highest BCUT2D eigenvalue weighted by molar-refractivity contribution is 5.88. The molecule has 0 radical (unpaired) electrons. The SMILES string of the molecule is COCC(CCO)Nc1ncc(C(=O)O)c(C)n1. The van der Waals surface area contributed by atoms with Crippen LogP contribution in [0.25, 0.3) is 0 Å². The van der Waals surface area contributed by atoms with Gasteiger partial charge in [-0.1, -0.05) is 0 Å². The standard InChI is InChI=1S/C11H17N3O4/c1-7-9(10(16)17)5-12-11(13-7)14-8(3-4-15)6-18-2/h5,8,15H,3-4,6H2,1-2H3,(H,16,17)(H,12,13,14). The number of aromatic carboxylic acids is 1. The van der Waals surface area contributed by atoms with Gasteiger partial charge in [0.1, 0.15) is 0 Å². The maximum absolute atomic E-state index is 10.8. The molecule has 0 aliphatic rings. The largest absolute Gasteiger partial charge is 0.478 e. The number of hydrogen-bond acceptors (Lipinski definition) is 6. The van der Waals surface area contributed by atoms with Crippen LogP contribution in [0.2, 0.25) is 0 Å². The molecule has 1 atom stereocenters. The molecule has 1 heterocycles. The zero-order chi connectivity index (χ0) is 13.5. The first-order valence-electron chi connectivity index (χ1n) is 5.51. The third kappa shape index (κ3) is 3.94. The normalized spacial score (nSPS) is 12.2. The summed E-state index contributed by atoms with van der Waals surface area (Å²) in [4.78, 5) is 18.8. The number of aliphatic hydroxyl groups excluding tert-OH is 1. The second-order valence-electron chi connectivity index (χ2n) is 3.81. The Bertz CT molecular complexity index is 405. The summed E-state index contributed by atoms with van der Waals surface area (Å²) in [7, 11) is 1.56. The number of aliphatic hydroxyl groups is 1. The lowest BCUT2D eigenvalue weighted by molar-refractivity contribution is 0.0695. The predicted octanol–water partition coefficient (Wildman–Crippen LogP) is 0.293. The highest BCUT2D eigenvalue weighted by Crippen LogP contribution is 2.09. The van der Waals surface area contributed by atoms with Crippen LogP contribution in [0.4, 0.5) is 5.95 Å². The molecule has 1 aromatic rings. The number of ether oxygens (including phenoxy) is 1. The summed E-state index contributed by atoms with van der Waals surface area (Å²) in [5, 5.41) is 20.7. The molecule has 0 amide bonds. The first-order valence-corrected chi connectivity index (χ1v) is 5.51. The van der Waals surface area contributed by atoms with Crippen molar-refractivity contribution in [1.82, 2.24) is 9.97 Å². The number of carboxylic acids is 1. The van der Waals surface area contributed by atoms with Crippen molar-refractivity contribution < 1.29 is 19.7 Å². The van der Waals surface area contributed by atoms with Crippen molar-refractivity contribution in [2.75, 3.05) is 25.6 Å². The van der Waals surface area contributed by atoms with Crippen LogP contribution in [0.1, 0.15) is 22.5 Å². The van der Waals surface area contributed by atoms with E-state index in [0.29, 0.717) is 24.7 Å². The van der Waals surface area contributed by atoms with Gasteiger partial charge in [-0.2, -0.15) is 0 Å². The van der Waals surface area contributed by atoms with E-state index in [-0.39, 0.29) is 18.2 Å². The smallest absolute Gasteiger partial charge is 0.339 e. The Hall–Kier alpha value is -1.73. The number of nitrogens with zero attached hydrogens (tertiary/aromatic N) is 2.